The fraction of sp³-hybridized carbons (Fsp3) is 0.455. The van der Waals surface area contributed by atoms with E-state index in [1.807, 2.05) is 60.7 Å². The number of benzene rings is 2. The van der Waals surface area contributed by atoms with E-state index < -0.39 is 7.29 Å². The van der Waals surface area contributed by atoms with Gasteiger partial charge in [-0.05, 0) is 54.9 Å². The van der Waals surface area contributed by atoms with Crippen LogP contribution in [0, 0.1) is 17.8 Å². The predicted octanol–water partition coefficient (Wildman–Crippen LogP) is 6.16. The molecule has 2 aromatic rings. The molecule has 3 rings (SSSR count). The van der Waals surface area contributed by atoms with Gasteiger partial charge in [0.15, 0.2) is 0 Å². The lowest BCUT2D eigenvalue weighted by Gasteiger charge is -2.42. The van der Waals surface area contributed by atoms with Crippen LogP contribution in [0.3, 0.4) is 0 Å². The molecule has 0 radical (unpaired) electrons. The van der Waals surface area contributed by atoms with Crippen molar-refractivity contribution in [1.82, 2.24) is 0 Å². The molecule has 1 saturated carbocycles. The zero-order valence-corrected chi connectivity index (χ0v) is 16.5. The third-order valence-corrected chi connectivity index (χ3v) is 8.85. The summed E-state index contributed by atoms with van der Waals surface area (Å²) in [5, 5.41) is 4.46. The van der Waals surface area contributed by atoms with Gasteiger partial charge in [-0.1, -0.05) is 63.6 Å². The highest BCUT2D eigenvalue weighted by molar-refractivity contribution is 7.73. The summed E-state index contributed by atoms with van der Waals surface area (Å²) < 4.78 is 14.5. The lowest BCUT2D eigenvalue weighted by atomic mass is 9.77. The molecule has 2 aromatic carbocycles. The van der Waals surface area contributed by atoms with Crippen molar-refractivity contribution in [2.24, 2.45) is 17.8 Å². The monoisotopic (exact) mass is 355 g/mol. The Kier molecular flexibility index (Phi) is 5.69. The van der Waals surface area contributed by atoms with Crippen LogP contribution in [-0.4, -0.2) is 5.66 Å². The first-order valence-electron chi connectivity index (χ1n) is 9.49. The average Bonchev–Trinajstić information content (AvgIpc) is 2.63. The summed E-state index contributed by atoms with van der Waals surface area (Å²) in [7, 11) is -2.77. The molecular weight excluding hydrogens is 325 g/mol. The normalized spacial score (nSPS) is 26.2. The summed E-state index contributed by atoms with van der Waals surface area (Å²) >= 11 is 0. The van der Waals surface area contributed by atoms with Gasteiger partial charge in [-0.3, -0.25) is 4.57 Å². The summed E-state index contributed by atoms with van der Waals surface area (Å²) in [5.41, 5.74) is 1.15. The second kappa shape index (κ2) is 7.79. The van der Waals surface area contributed by atoms with Crippen LogP contribution < -0.4 is 10.4 Å². The van der Waals surface area contributed by atoms with E-state index in [0.29, 0.717) is 17.8 Å². The molecular formula is C22H30NOP. The maximum Gasteiger partial charge on any atom is 0.201 e. The summed E-state index contributed by atoms with van der Waals surface area (Å²) in [6, 6.07) is 20.1. The highest BCUT2D eigenvalue weighted by Gasteiger charge is 2.43. The molecule has 0 amide bonds. The summed E-state index contributed by atoms with van der Waals surface area (Å²) in [4.78, 5) is 0. The maximum absolute atomic E-state index is 14.5. The van der Waals surface area contributed by atoms with Crippen molar-refractivity contribution in [2.45, 2.75) is 45.7 Å². The van der Waals surface area contributed by atoms with Crippen LogP contribution in [-0.2, 0) is 4.57 Å². The highest BCUT2D eigenvalue weighted by atomic mass is 31.2. The molecule has 2 nitrogen and oxygen atoms in total. The van der Waals surface area contributed by atoms with Crippen LogP contribution in [0.1, 0.15) is 40.0 Å². The molecule has 0 aromatic heterocycles. The van der Waals surface area contributed by atoms with Crippen LogP contribution in [0.15, 0.2) is 60.7 Å². The number of para-hydroxylation sites is 1. The fourth-order valence-corrected chi connectivity index (χ4v) is 7.78. The van der Waals surface area contributed by atoms with Crippen molar-refractivity contribution >= 4 is 18.3 Å². The van der Waals surface area contributed by atoms with Crippen molar-refractivity contribution in [1.29, 1.82) is 0 Å². The molecule has 0 aliphatic heterocycles. The number of nitrogens with one attached hydrogen (secondary N) is 1. The van der Waals surface area contributed by atoms with Crippen molar-refractivity contribution in [2.75, 3.05) is 5.09 Å². The topological polar surface area (TPSA) is 29.1 Å². The number of rotatable bonds is 5. The summed E-state index contributed by atoms with van der Waals surface area (Å²) in [6.07, 6.45) is 3.46. The second-order valence-corrected chi connectivity index (χ2v) is 10.6. The SMILES string of the molecule is CC(C)[C@H]1CC[C@@H](C)C[C@H]1[P@@](=O)(Nc1ccccc1)c1ccccc1. The predicted molar refractivity (Wildman–Crippen MR) is 109 cm³/mol. The molecule has 25 heavy (non-hydrogen) atoms. The van der Waals surface area contributed by atoms with E-state index in [9.17, 15) is 4.57 Å². The van der Waals surface area contributed by atoms with E-state index >= 15 is 0 Å². The first-order chi connectivity index (χ1) is 12.0. The zero-order chi connectivity index (χ0) is 17.9. The summed E-state index contributed by atoms with van der Waals surface area (Å²) in [6.45, 7) is 6.87. The minimum Gasteiger partial charge on any atom is -0.333 e. The molecule has 134 valence electrons. The van der Waals surface area contributed by atoms with Crippen LogP contribution >= 0.6 is 7.29 Å². The second-order valence-electron chi connectivity index (χ2n) is 7.86. The van der Waals surface area contributed by atoms with Crippen molar-refractivity contribution in [3.8, 4) is 0 Å². The largest absolute Gasteiger partial charge is 0.333 e. The lowest BCUT2D eigenvalue weighted by molar-refractivity contribution is 0.237. The van der Waals surface area contributed by atoms with E-state index in [2.05, 4.69) is 25.9 Å². The molecule has 3 heteroatoms. The first kappa shape index (κ1) is 18.3. The molecule has 0 spiro atoms. The number of hydrogen-bond acceptors (Lipinski definition) is 1. The quantitative estimate of drug-likeness (QED) is 0.651. The molecule has 1 fully saturated rings. The Hall–Kier alpha value is -1.53. The molecule has 0 unspecified atom stereocenters. The summed E-state index contributed by atoms with van der Waals surface area (Å²) in [5.74, 6) is 1.68. The van der Waals surface area contributed by atoms with Gasteiger partial charge in [0.25, 0.3) is 0 Å². The molecule has 1 aliphatic carbocycles. The molecule has 0 bridgehead atoms. The Bertz CT molecular complexity index is 713. The maximum atomic E-state index is 14.5. The van der Waals surface area contributed by atoms with E-state index in [1.165, 1.54) is 12.8 Å². The third-order valence-electron chi connectivity index (χ3n) is 5.66. The Morgan fingerprint density at radius 3 is 2.16 bits per heavy atom. The van der Waals surface area contributed by atoms with E-state index in [-0.39, 0.29) is 5.66 Å². The van der Waals surface area contributed by atoms with Crippen molar-refractivity contribution < 1.29 is 4.57 Å². The minimum atomic E-state index is -2.77. The van der Waals surface area contributed by atoms with Gasteiger partial charge in [-0.15, -0.1) is 0 Å². The third kappa shape index (κ3) is 4.01. The van der Waals surface area contributed by atoms with Crippen LogP contribution in [0.2, 0.25) is 0 Å². The van der Waals surface area contributed by atoms with Gasteiger partial charge in [0, 0.05) is 16.7 Å². The van der Waals surface area contributed by atoms with Gasteiger partial charge in [-0.25, -0.2) is 0 Å². The van der Waals surface area contributed by atoms with E-state index in [1.54, 1.807) is 0 Å². The fourth-order valence-electron chi connectivity index (χ4n) is 4.26. The van der Waals surface area contributed by atoms with Crippen LogP contribution in [0.25, 0.3) is 0 Å². The van der Waals surface area contributed by atoms with Crippen LogP contribution in [0.4, 0.5) is 5.69 Å². The standard InChI is InChI=1S/C22H30NOP/c1-17(2)21-15-14-18(3)16-22(21)25(24,20-12-8-5-9-13-20)23-19-10-6-4-7-11-19/h4-13,17-18,21-22H,14-16H2,1-3H3,(H,23,24)/t18-,21-,22-,25-/m1/s1. The van der Waals surface area contributed by atoms with Crippen LogP contribution in [0.5, 0.6) is 0 Å². The smallest absolute Gasteiger partial charge is 0.201 e. The molecule has 1 N–H and O–H groups in total. The van der Waals surface area contributed by atoms with E-state index in [0.717, 1.165) is 17.4 Å². The first-order valence-corrected chi connectivity index (χ1v) is 11.3. The highest BCUT2D eigenvalue weighted by Crippen LogP contribution is 2.58. The van der Waals surface area contributed by atoms with Gasteiger partial charge in [0.2, 0.25) is 7.29 Å². The molecule has 1 aliphatic rings. The minimum absolute atomic E-state index is 0.193. The van der Waals surface area contributed by atoms with Crippen molar-refractivity contribution in [3.05, 3.63) is 60.7 Å². The Morgan fingerprint density at radius 1 is 0.960 bits per heavy atom. The lowest BCUT2D eigenvalue weighted by Crippen LogP contribution is -2.36. The van der Waals surface area contributed by atoms with E-state index in [4.69, 9.17) is 0 Å². The molecule has 4 atom stereocenters. The Labute approximate surface area is 152 Å². The Balaban J connectivity index is 2.05. The van der Waals surface area contributed by atoms with Gasteiger partial charge in [-0.2, -0.15) is 0 Å². The van der Waals surface area contributed by atoms with Crippen molar-refractivity contribution in [3.63, 3.8) is 0 Å². The zero-order valence-electron chi connectivity index (χ0n) is 15.6. The van der Waals surface area contributed by atoms with Gasteiger partial charge < -0.3 is 5.09 Å². The number of hydrogen-bond donors (Lipinski definition) is 1. The van der Waals surface area contributed by atoms with Gasteiger partial charge in [0.05, 0.1) is 0 Å². The average molecular weight is 355 g/mol. The van der Waals surface area contributed by atoms with Gasteiger partial charge >= 0.3 is 0 Å². The Morgan fingerprint density at radius 2 is 1.56 bits per heavy atom. The molecule has 0 heterocycles. The molecule has 0 saturated heterocycles. The number of anilines is 1. The van der Waals surface area contributed by atoms with Gasteiger partial charge in [0.1, 0.15) is 0 Å².